The molecule has 0 unspecified atom stereocenters. The predicted octanol–water partition coefficient (Wildman–Crippen LogP) is 3.22. The molecule has 0 heterocycles. The van der Waals surface area contributed by atoms with E-state index in [1.54, 1.807) is 49.4 Å². The van der Waals surface area contributed by atoms with Gasteiger partial charge in [0.2, 0.25) is 0 Å². The maximum absolute atomic E-state index is 11.9. The van der Waals surface area contributed by atoms with E-state index in [-0.39, 0.29) is 6.61 Å². The standard InChI is InChI=1S/C18H18ClNO5/c1-12-13(19)6-5-7-14(12)20-17(21)10-25-18(22)11-24-16-9-4-3-8-15(16)23-2/h3-9H,10-11H2,1-2H3,(H,20,21). The lowest BCUT2D eigenvalue weighted by Crippen LogP contribution is -2.24. The maximum atomic E-state index is 11.9. The average Bonchev–Trinajstić information content (AvgIpc) is 2.62. The monoisotopic (exact) mass is 363 g/mol. The zero-order valence-corrected chi connectivity index (χ0v) is 14.6. The Morgan fingerprint density at radius 2 is 1.76 bits per heavy atom. The third-order valence-corrected chi connectivity index (χ3v) is 3.73. The molecule has 2 aromatic carbocycles. The Morgan fingerprint density at radius 3 is 2.48 bits per heavy atom. The van der Waals surface area contributed by atoms with Crippen LogP contribution < -0.4 is 14.8 Å². The zero-order chi connectivity index (χ0) is 18.2. The van der Waals surface area contributed by atoms with Crippen molar-refractivity contribution in [2.45, 2.75) is 6.92 Å². The highest BCUT2D eigenvalue weighted by molar-refractivity contribution is 6.31. The number of para-hydroxylation sites is 2. The van der Waals surface area contributed by atoms with Gasteiger partial charge in [0.1, 0.15) is 0 Å². The summed E-state index contributed by atoms with van der Waals surface area (Å²) in [6.07, 6.45) is 0. The molecular formula is C18H18ClNO5. The Morgan fingerprint density at radius 1 is 1.04 bits per heavy atom. The maximum Gasteiger partial charge on any atom is 0.344 e. The van der Waals surface area contributed by atoms with Gasteiger partial charge in [0.25, 0.3) is 5.91 Å². The first-order chi connectivity index (χ1) is 12.0. The molecule has 1 N–H and O–H groups in total. The van der Waals surface area contributed by atoms with E-state index in [9.17, 15) is 9.59 Å². The first-order valence-corrected chi connectivity index (χ1v) is 7.85. The average molecular weight is 364 g/mol. The lowest BCUT2D eigenvalue weighted by atomic mass is 10.2. The Hall–Kier alpha value is -2.73. The Labute approximate surface area is 150 Å². The molecule has 0 spiro atoms. The summed E-state index contributed by atoms with van der Waals surface area (Å²) in [6.45, 7) is 1.04. The number of methoxy groups -OCH3 is 1. The van der Waals surface area contributed by atoms with Crippen LogP contribution in [-0.2, 0) is 14.3 Å². The van der Waals surface area contributed by atoms with Gasteiger partial charge in [-0.15, -0.1) is 0 Å². The van der Waals surface area contributed by atoms with E-state index < -0.39 is 18.5 Å². The number of hydrogen-bond donors (Lipinski definition) is 1. The van der Waals surface area contributed by atoms with Gasteiger partial charge in [0.15, 0.2) is 24.7 Å². The number of anilines is 1. The first kappa shape index (κ1) is 18.6. The SMILES string of the molecule is COc1ccccc1OCC(=O)OCC(=O)Nc1cccc(Cl)c1C. The fourth-order valence-electron chi connectivity index (χ4n) is 1.99. The molecule has 0 bridgehead atoms. The van der Waals surface area contributed by atoms with Gasteiger partial charge in [-0.05, 0) is 36.8 Å². The number of carbonyl (C=O) groups excluding carboxylic acids is 2. The van der Waals surface area contributed by atoms with Crippen molar-refractivity contribution in [2.24, 2.45) is 0 Å². The molecule has 0 saturated heterocycles. The van der Waals surface area contributed by atoms with Crippen molar-refractivity contribution in [1.82, 2.24) is 0 Å². The molecule has 0 radical (unpaired) electrons. The number of amides is 1. The van der Waals surface area contributed by atoms with E-state index >= 15 is 0 Å². The number of halogens is 1. The minimum Gasteiger partial charge on any atom is -0.493 e. The number of nitrogens with one attached hydrogen (secondary N) is 1. The van der Waals surface area contributed by atoms with E-state index in [4.69, 9.17) is 25.8 Å². The third kappa shape index (κ3) is 5.39. The Kier molecular flexibility index (Phi) is 6.65. The zero-order valence-electron chi connectivity index (χ0n) is 13.9. The van der Waals surface area contributed by atoms with Crippen molar-refractivity contribution in [2.75, 3.05) is 25.6 Å². The molecule has 0 aliphatic carbocycles. The molecule has 0 aliphatic rings. The largest absolute Gasteiger partial charge is 0.493 e. The number of hydrogen-bond acceptors (Lipinski definition) is 5. The van der Waals surface area contributed by atoms with E-state index in [1.807, 2.05) is 0 Å². The van der Waals surface area contributed by atoms with Crippen LogP contribution in [-0.4, -0.2) is 32.2 Å². The molecule has 25 heavy (non-hydrogen) atoms. The molecular weight excluding hydrogens is 346 g/mol. The molecule has 6 nitrogen and oxygen atoms in total. The summed E-state index contributed by atoms with van der Waals surface area (Å²) in [4.78, 5) is 23.6. The molecule has 0 fully saturated rings. The lowest BCUT2D eigenvalue weighted by Gasteiger charge is -2.11. The number of esters is 1. The number of rotatable bonds is 7. The van der Waals surface area contributed by atoms with Crippen molar-refractivity contribution in [1.29, 1.82) is 0 Å². The first-order valence-electron chi connectivity index (χ1n) is 7.47. The summed E-state index contributed by atoms with van der Waals surface area (Å²) >= 11 is 5.99. The second-order valence-electron chi connectivity index (χ2n) is 5.06. The lowest BCUT2D eigenvalue weighted by molar-refractivity contribution is -0.149. The van der Waals surface area contributed by atoms with E-state index in [2.05, 4.69) is 5.32 Å². The predicted molar refractivity (Wildman–Crippen MR) is 94.3 cm³/mol. The summed E-state index contributed by atoms with van der Waals surface area (Å²) in [5.41, 5.74) is 1.31. The molecule has 0 atom stereocenters. The smallest absolute Gasteiger partial charge is 0.344 e. The van der Waals surface area contributed by atoms with Crippen LogP contribution in [0.4, 0.5) is 5.69 Å². The van der Waals surface area contributed by atoms with Crippen LogP contribution in [0.25, 0.3) is 0 Å². The molecule has 1 amide bonds. The van der Waals surface area contributed by atoms with E-state index in [1.165, 1.54) is 7.11 Å². The van der Waals surface area contributed by atoms with Crippen molar-refractivity contribution in [3.05, 3.63) is 53.1 Å². The summed E-state index contributed by atoms with van der Waals surface area (Å²) in [6, 6.07) is 12.1. The van der Waals surface area contributed by atoms with Gasteiger partial charge in [-0.1, -0.05) is 29.8 Å². The van der Waals surface area contributed by atoms with Crippen molar-refractivity contribution >= 4 is 29.2 Å². The summed E-state index contributed by atoms with van der Waals surface area (Å²) in [5, 5.41) is 3.18. The van der Waals surface area contributed by atoms with Crippen LogP contribution in [0, 0.1) is 6.92 Å². The summed E-state index contributed by atoms with van der Waals surface area (Å²) in [7, 11) is 1.50. The molecule has 0 saturated carbocycles. The highest BCUT2D eigenvalue weighted by atomic mass is 35.5. The molecule has 2 rings (SSSR count). The summed E-state index contributed by atoms with van der Waals surface area (Å²) < 4.78 is 15.3. The van der Waals surface area contributed by atoms with Gasteiger partial charge >= 0.3 is 5.97 Å². The number of benzene rings is 2. The summed E-state index contributed by atoms with van der Waals surface area (Å²) in [5.74, 6) is -0.203. The van der Waals surface area contributed by atoms with Gasteiger partial charge in [-0.2, -0.15) is 0 Å². The van der Waals surface area contributed by atoms with Gasteiger partial charge in [-0.3, -0.25) is 4.79 Å². The van der Waals surface area contributed by atoms with Crippen molar-refractivity contribution in [3.8, 4) is 11.5 Å². The van der Waals surface area contributed by atoms with Crippen molar-refractivity contribution < 1.29 is 23.8 Å². The van der Waals surface area contributed by atoms with Gasteiger partial charge in [0, 0.05) is 10.7 Å². The van der Waals surface area contributed by atoms with Gasteiger partial charge in [0.05, 0.1) is 7.11 Å². The minimum absolute atomic E-state index is 0.330. The Bertz CT molecular complexity index is 763. The highest BCUT2D eigenvalue weighted by Gasteiger charge is 2.12. The third-order valence-electron chi connectivity index (χ3n) is 3.32. The van der Waals surface area contributed by atoms with Gasteiger partial charge < -0.3 is 19.5 Å². The quantitative estimate of drug-likeness (QED) is 0.764. The Balaban J connectivity index is 1.79. The van der Waals surface area contributed by atoms with Crippen LogP contribution in [0.1, 0.15) is 5.56 Å². The highest BCUT2D eigenvalue weighted by Crippen LogP contribution is 2.25. The van der Waals surface area contributed by atoms with Gasteiger partial charge in [-0.25, -0.2) is 4.79 Å². The van der Waals surface area contributed by atoms with Crippen LogP contribution in [0.15, 0.2) is 42.5 Å². The second-order valence-corrected chi connectivity index (χ2v) is 5.47. The fraction of sp³-hybridized carbons (Fsp3) is 0.222. The topological polar surface area (TPSA) is 73.9 Å². The number of carbonyl (C=O) groups is 2. The number of ether oxygens (including phenoxy) is 3. The van der Waals surface area contributed by atoms with Crippen LogP contribution in [0.5, 0.6) is 11.5 Å². The molecule has 2 aromatic rings. The van der Waals surface area contributed by atoms with Crippen LogP contribution >= 0.6 is 11.6 Å². The van der Waals surface area contributed by atoms with E-state index in [0.29, 0.717) is 22.2 Å². The second kappa shape index (κ2) is 8.94. The minimum atomic E-state index is -0.663. The van der Waals surface area contributed by atoms with Crippen LogP contribution in [0.3, 0.4) is 0 Å². The molecule has 0 aliphatic heterocycles. The molecule has 0 aromatic heterocycles. The molecule has 7 heteroatoms. The fourth-order valence-corrected chi connectivity index (χ4v) is 2.17. The van der Waals surface area contributed by atoms with E-state index in [0.717, 1.165) is 5.56 Å². The van der Waals surface area contributed by atoms with Crippen LogP contribution in [0.2, 0.25) is 5.02 Å². The normalized spacial score (nSPS) is 10.0. The van der Waals surface area contributed by atoms with Crippen molar-refractivity contribution in [3.63, 3.8) is 0 Å². The molecule has 132 valence electrons.